The van der Waals surface area contributed by atoms with E-state index in [1.807, 2.05) is 24.6 Å². The fourth-order valence-corrected chi connectivity index (χ4v) is 5.15. The maximum absolute atomic E-state index is 13.2. The van der Waals surface area contributed by atoms with Crippen molar-refractivity contribution in [1.82, 2.24) is 28.7 Å². The fourth-order valence-electron chi connectivity index (χ4n) is 5.15. The predicted molar refractivity (Wildman–Crippen MR) is 135 cm³/mol. The van der Waals surface area contributed by atoms with Crippen LogP contribution in [0.2, 0.25) is 0 Å². The molecule has 3 aromatic heterocycles. The molecule has 178 valence electrons. The first-order valence-corrected chi connectivity index (χ1v) is 12.1. The van der Waals surface area contributed by atoms with Crippen LogP contribution in [-0.2, 0) is 20.6 Å². The van der Waals surface area contributed by atoms with E-state index < -0.39 is 0 Å². The third-order valence-electron chi connectivity index (χ3n) is 7.02. The molecule has 5 rings (SSSR count). The molecule has 1 aliphatic rings. The van der Waals surface area contributed by atoms with Gasteiger partial charge in [-0.1, -0.05) is 38.1 Å². The summed E-state index contributed by atoms with van der Waals surface area (Å²) in [6, 6.07) is 8.26. The maximum Gasteiger partial charge on any atom is 0.330 e. The predicted octanol–water partition coefficient (Wildman–Crippen LogP) is 3.88. The van der Waals surface area contributed by atoms with Crippen LogP contribution in [0.3, 0.4) is 0 Å². The SMILES string of the molecule is Cc1cn(C)c(N2CCC(Cn3c(=O)n(C)c4cnc(-c5ccccc5C(C)C)nc43)CC2)n1. The minimum absolute atomic E-state index is 0.0271. The highest BCUT2D eigenvalue weighted by Crippen LogP contribution is 2.28. The van der Waals surface area contributed by atoms with E-state index in [1.165, 1.54) is 5.56 Å². The van der Waals surface area contributed by atoms with Crippen molar-refractivity contribution >= 4 is 17.1 Å². The van der Waals surface area contributed by atoms with Crippen LogP contribution in [0.5, 0.6) is 0 Å². The Labute approximate surface area is 199 Å². The number of piperidine rings is 1. The smallest absolute Gasteiger partial charge is 0.330 e. The Hall–Kier alpha value is -3.42. The number of rotatable bonds is 5. The summed E-state index contributed by atoms with van der Waals surface area (Å²) in [7, 11) is 3.85. The highest BCUT2D eigenvalue weighted by Gasteiger charge is 2.25. The van der Waals surface area contributed by atoms with Crippen molar-refractivity contribution in [3.8, 4) is 11.4 Å². The zero-order valence-corrected chi connectivity index (χ0v) is 20.7. The van der Waals surface area contributed by atoms with Gasteiger partial charge in [0, 0.05) is 45.5 Å². The molecule has 0 radical (unpaired) electrons. The number of aryl methyl sites for hydroxylation is 3. The van der Waals surface area contributed by atoms with Gasteiger partial charge in [-0.3, -0.25) is 9.13 Å². The minimum Gasteiger partial charge on any atom is -0.342 e. The molecule has 0 unspecified atom stereocenters. The van der Waals surface area contributed by atoms with Gasteiger partial charge in [-0.05, 0) is 37.2 Å². The Bertz CT molecular complexity index is 1390. The van der Waals surface area contributed by atoms with Gasteiger partial charge in [0.25, 0.3) is 0 Å². The third kappa shape index (κ3) is 3.91. The topological polar surface area (TPSA) is 73.8 Å². The minimum atomic E-state index is -0.0271. The van der Waals surface area contributed by atoms with Gasteiger partial charge >= 0.3 is 5.69 Å². The van der Waals surface area contributed by atoms with E-state index in [2.05, 4.69) is 57.7 Å². The Balaban J connectivity index is 1.43. The third-order valence-corrected chi connectivity index (χ3v) is 7.02. The lowest BCUT2D eigenvalue weighted by Crippen LogP contribution is -2.37. The molecule has 0 amide bonds. The molecule has 8 nitrogen and oxygen atoms in total. The summed E-state index contributed by atoms with van der Waals surface area (Å²) in [6.45, 7) is 8.93. The van der Waals surface area contributed by atoms with E-state index in [-0.39, 0.29) is 5.69 Å². The molecule has 4 heterocycles. The van der Waals surface area contributed by atoms with Crippen LogP contribution in [-0.4, -0.2) is 41.7 Å². The normalized spacial score (nSPS) is 15.1. The van der Waals surface area contributed by atoms with Gasteiger partial charge in [0.05, 0.1) is 11.9 Å². The van der Waals surface area contributed by atoms with Crippen LogP contribution in [0.25, 0.3) is 22.6 Å². The van der Waals surface area contributed by atoms with Gasteiger partial charge < -0.3 is 9.47 Å². The molecule has 1 fully saturated rings. The molecule has 34 heavy (non-hydrogen) atoms. The van der Waals surface area contributed by atoms with Gasteiger partial charge in [-0.25, -0.2) is 19.7 Å². The Morgan fingerprint density at radius 3 is 2.50 bits per heavy atom. The van der Waals surface area contributed by atoms with Crippen LogP contribution in [0.15, 0.2) is 41.5 Å². The summed E-state index contributed by atoms with van der Waals surface area (Å²) in [4.78, 5) is 29.7. The summed E-state index contributed by atoms with van der Waals surface area (Å²) in [5.74, 6) is 2.49. The molecule has 0 spiro atoms. The number of aromatic nitrogens is 6. The largest absolute Gasteiger partial charge is 0.342 e. The number of imidazole rings is 2. The van der Waals surface area contributed by atoms with Crippen LogP contribution in [0.4, 0.5) is 5.95 Å². The van der Waals surface area contributed by atoms with Gasteiger partial charge in [0.1, 0.15) is 5.52 Å². The zero-order valence-electron chi connectivity index (χ0n) is 20.7. The second-order valence-corrected chi connectivity index (χ2v) is 9.82. The molecule has 1 aromatic carbocycles. The number of anilines is 1. The molecule has 0 atom stereocenters. The van der Waals surface area contributed by atoms with Crippen LogP contribution < -0.4 is 10.6 Å². The summed E-state index contributed by atoms with van der Waals surface area (Å²) in [5, 5.41) is 0. The average Bonchev–Trinajstić information content (AvgIpc) is 3.30. The molecule has 1 saturated heterocycles. The number of hydrogen-bond donors (Lipinski definition) is 0. The van der Waals surface area contributed by atoms with E-state index in [0.717, 1.165) is 54.3 Å². The second-order valence-electron chi connectivity index (χ2n) is 9.82. The average molecular weight is 460 g/mol. The molecule has 8 heteroatoms. The molecular formula is C26H33N7O. The zero-order chi connectivity index (χ0) is 24.0. The number of nitrogens with zero attached hydrogens (tertiary/aromatic N) is 7. The molecule has 0 aliphatic carbocycles. The Morgan fingerprint density at radius 1 is 1.09 bits per heavy atom. The highest BCUT2D eigenvalue weighted by atomic mass is 16.1. The molecule has 4 aromatic rings. The Morgan fingerprint density at radius 2 is 1.82 bits per heavy atom. The molecule has 0 bridgehead atoms. The van der Waals surface area contributed by atoms with E-state index in [0.29, 0.717) is 24.2 Å². The highest BCUT2D eigenvalue weighted by molar-refractivity contribution is 5.74. The lowest BCUT2D eigenvalue weighted by atomic mass is 9.96. The first-order valence-electron chi connectivity index (χ1n) is 12.1. The van der Waals surface area contributed by atoms with Gasteiger partial charge in [0.2, 0.25) is 5.95 Å². The fraction of sp³-hybridized carbons (Fsp3) is 0.462. The number of benzene rings is 1. The van der Waals surface area contributed by atoms with E-state index in [9.17, 15) is 4.79 Å². The standard InChI is InChI=1S/C26H33N7O/c1-17(2)20-8-6-7-9-21(20)23-27-14-22-24(29-23)33(26(34)31(22)5)16-19-10-12-32(13-11-19)25-28-18(3)15-30(25)4/h6-9,14-15,17,19H,10-13,16H2,1-5H3. The second kappa shape index (κ2) is 8.74. The summed E-state index contributed by atoms with van der Waals surface area (Å²) in [6.07, 6.45) is 5.89. The van der Waals surface area contributed by atoms with Gasteiger partial charge in [-0.2, -0.15) is 0 Å². The van der Waals surface area contributed by atoms with Crippen molar-refractivity contribution < 1.29 is 0 Å². The van der Waals surface area contributed by atoms with Crippen molar-refractivity contribution in [3.05, 3.63) is 58.4 Å². The monoisotopic (exact) mass is 459 g/mol. The first kappa shape index (κ1) is 22.4. The maximum atomic E-state index is 13.2. The van der Waals surface area contributed by atoms with E-state index in [4.69, 9.17) is 4.98 Å². The summed E-state index contributed by atoms with van der Waals surface area (Å²) in [5.41, 5.74) is 4.75. The van der Waals surface area contributed by atoms with E-state index >= 15 is 0 Å². The molecule has 0 N–H and O–H groups in total. The van der Waals surface area contributed by atoms with Gasteiger partial charge in [-0.15, -0.1) is 0 Å². The van der Waals surface area contributed by atoms with Crippen molar-refractivity contribution in [1.29, 1.82) is 0 Å². The quantitative estimate of drug-likeness (QED) is 0.453. The Kier molecular flexibility index (Phi) is 5.75. The molecule has 0 saturated carbocycles. The van der Waals surface area contributed by atoms with Crippen molar-refractivity contribution in [2.75, 3.05) is 18.0 Å². The summed E-state index contributed by atoms with van der Waals surface area (Å²) < 4.78 is 5.61. The lowest BCUT2D eigenvalue weighted by Gasteiger charge is -2.32. The number of fused-ring (bicyclic) bond motifs is 1. The van der Waals surface area contributed by atoms with Gasteiger partial charge in [0.15, 0.2) is 11.5 Å². The summed E-state index contributed by atoms with van der Waals surface area (Å²) >= 11 is 0. The van der Waals surface area contributed by atoms with Crippen LogP contribution in [0.1, 0.15) is 43.9 Å². The molecular weight excluding hydrogens is 426 g/mol. The van der Waals surface area contributed by atoms with Crippen molar-refractivity contribution in [3.63, 3.8) is 0 Å². The number of hydrogen-bond acceptors (Lipinski definition) is 5. The van der Waals surface area contributed by atoms with Crippen LogP contribution >= 0.6 is 0 Å². The van der Waals surface area contributed by atoms with E-state index in [1.54, 1.807) is 17.8 Å². The lowest BCUT2D eigenvalue weighted by molar-refractivity contribution is 0.352. The first-order chi connectivity index (χ1) is 16.3. The van der Waals surface area contributed by atoms with Crippen molar-refractivity contribution in [2.45, 2.75) is 46.1 Å². The van der Waals surface area contributed by atoms with Crippen LogP contribution in [0, 0.1) is 12.8 Å². The molecule has 1 aliphatic heterocycles. The van der Waals surface area contributed by atoms with Crippen molar-refractivity contribution in [2.24, 2.45) is 20.0 Å².